The van der Waals surface area contributed by atoms with Gasteiger partial charge in [-0.1, -0.05) is 53.7 Å². The van der Waals surface area contributed by atoms with Crippen LogP contribution in [0.4, 0.5) is 10.1 Å². The number of carbonyl (C=O) groups excluding carboxylic acids is 1. The van der Waals surface area contributed by atoms with E-state index in [1.165, 1.54) is 23.9 Å². The third-order valence-corrected chi connectivity index (χ3v) is 5.15. The van der Waals surface area contributed by atoms with Crippen molar-refractivity contribution in [2.75, 3.05) is 5.32 Å². The van der Waals surface area contributed by atoms with Crippen molar-refractivity contribution in [1.29, 1.82) is 0 Å². The zero-order valence-electron chi connectivity index (χ0n) is 14.1. The van der Waals surface area contributed by atoms with E-state index in [9.17, 15) is 9.18 Å². The fraction of sp³-hybridized carbons (Fsp3) is 0.167. The topological polar surface area (TPSA) is 59.8 Å². The highest BCUT2D eigenvalue weighted by Gasteiger charge is 2.20. The number of nitrogens with zero attached hydrogens (tertiary/aromatic N) is 3. The molecule has 3 aromatic rings. The van der Waals surface area contributed by atoms with Gasteiger partial charge in [-0.3, -0.25) is 4.79 Å². The first-order valence-electron chi connectivity index (χ1n) is 7.83. The summed E-state index contributed by atoms with van der Waals surface area (Å²) < 4.78 is 14.9. The van der Waals surface area contributed by atoms with E-state index in [1.807, 2.05) is 41.9 Å². The molecular formula is C18H16ClFN4OS. The number of thioether (sulfide) groups is 1. The Hall–Kier alpha value is -2.38. The zero-order chi connectivity index (χ0) is 18.7. The van der Waals surface area contributed by atoms with Gasteiger partial charge in [0, 0.05) is 12.6 Å². The number of carbonyl (C=O) groups is 1. The second kappa shape index (κ2) is 7.88. The molecule has 2 aromatic carbocycles. The maximum absolute atomic E-state index is 13.1. The number of aromatic nitrogens is 3. The van der Waals surface area contributed by atoms with Gasteiger partial charge in [0.05, 0.1) is 16.0 Å². The van der Waals surface area contributed by atoms with Crippen molar-refractivity contribution in [2.45, 2.75) is 17.3 Å². The van der Waals surface area contributed by atoms with Gasteiger partial charge in [0.1, 0.15) is 5.82 Å². The van der Waals surface area contributed by atoms with Gasteiger partial charge in [0.25, 0.3) is 0 Å². The summed E-state index contributed by atoms with van der Waals surface area (Å²) in [6, 6.07) is 13.5. The average Bonchev–Trinajstić information content (AvgIpc) is 2.98. The standard InChI is InChI=1S/C18H16ClFN4OS/c1-11(17(25)21-15-9-8-13(20)10-14(15)19)26-18-23-22-16(24(18)2)12-6-4-3-5-7-12/h3-11H,1-2H3,(H,21,25)/t11-/m0/s1. The summed E-state index contributed by atoms with van der Waals surface area (Å²) in [5, 5.41) is 11.4. The molecule has 0 radical (unpaired) electrons. The fourth-order valence-corrected chi connectivity index (χ4v) is 3.32. The second-order valence-electron chi connectivity index (χ2n) is 5.60. The second-order valence-corrected chi connectivity index (χ2v) is 7.32. The third kappa shape index (κ3) is 4.05. The lowest BCUT2D eigenvalue weighted by molar-refractivity contribution is -0.115. The van der Waals surface area contributed by atoms with E-state index >= 15 is 0 Å². The van der Waals surface area contributed by atoms with Crippen LogP contribution in [-0.4, -0.2) is 25.9 Å². The van der Waals surface area contributed by atoms with Crippen LogP contribution < -0.4 is 5.32 Å². The predicted octanol–water partition coefficient (Wildman–Crippen LogP) is 4.39. The van der Waals surface area contributed by atoms with Crippen LogP contribution in [0.1, 0.15) is 6.92 Å². The summed E-state index contributed by atoms with van der Waals surface area (Å²) >= 11 is 7.23. The molecule has 3 rings (SSSR count). The van der Waals surface area contributed by atoms with Gasteiger partial charge in [-0.2, -0.15) is 0 Å². The molecule has 1 amide bonds. The number of benzene rings is 2. The first-order valence-corrected chi connectivity index (χ1v) is 9.09. The maximum Gasteiger partial charge on any atom is 0.237 e. The Kier molecular flexibility index (Phi) is 5.58. The molecule has 26 heavy (non-hydrogen) atoms. The molecule has 5 nitrogen and oxygen atoms in total. The minimum Gasteiger partial charge on any atom is -0.324 e. The van der Waals surface area contributed by atoms with Crippen LogP contribution in [0.25, 0.3) is 11.4 Å². The molecule has 0 bridgehead atoms. The molecule has 0 saturated heterocycles. The fourth-order valence-electron chi connectivity index (χ4n) is 2.29. The molecule has 0 aliphatic carbocycles. The number of hydrogen-bond donors (Lipinski definition) is 1. The first kappa shape index (κ1) is 18.4. The quantitative estimate of drug-likeness (QED) is 0.656. The third-order valence-electron chi connectivity index (χ3n) is 3.71. The smallest absolute Gasteiger partial charge is 0.237 e. The largest absolute Gasteiger partial charge is 0.324 e. The van der Waals surface area contributed by atoms with Gasteiger partial charge < -0.3 is 9.88 Å². The number of rotatable bonds is 5. The van der Waals surface area contributed by atoms with E-state index in [2.05, 4.69) is 15.5 Å². The van der Waals surface area contributed by atoms with E-state index in [1.54, 1.807) is 6.92 Å². The lowest BCUT2D eigenvalue weighted by Crippen LogP contribution is -2.23. The van der Waals surface area contributed by atoms with Crippen LogP contribution in [0.3, 0.4) is 0 Å². The summed E-state index contributed by atoms with van der Waals surface area (Å²) in [5.74, 6) is 0.0120. The van der Waals surface area contributed by atoms with E-state index in [0.29, 0.717) is 10.8 Å². The summed E-state index contributed by atoms with van der Waals surface area (Å²) in [6.45, 7) is 1.76. The Morgan fingerprint density at radius 1 is 1.23 bits per heavy atom. The summed E-state index contributed by atoms with van der Waals surface area (Å²) in [4.78, 5) is 12.4. The van der Waals surface area contributed by atoms with Crippen molar-refractivity contribution in [3.63, 3.8) is 0 Å². The number of anilines is 1. The van der Waals surface area contributed by atoms with Gasteiger partial charge in [0.15, 0.2) is 11.0 Å². The summed E-state index contributed by atoms with van der Waals surface area (Å²) in [5.41, 5.74) is 1.32. The summed E-state index contributed by atoms with van der Waals surface area (Å²) in [7, 11) is 1.85. The first-order chi connectivity index (χ1) is 12.5. The molecule has 1 heterocycles. The SMILES string of the molecule is C[C@H](Sc1nnc(-c2ccccc2)n1C)C(=O)Nc1ccc(F)cc1Cl. The van der Waals surface area contributed by atoms with Crippen LogP contribution in [0.5, 0.6) is 0 Å². The predicted molar refractivity (Wildman–Crippen MR) is 102 cm³/mol. The lowest BCUT2D eigenvalue weighted by atomic mass is 10.2. The highest BCUT2D eigenvalue weighted by molar-refractivity contribution is 8.00. The normalized spacial score (nSPS) is 12.0. The Labute approximate surface area is 159 Å². The zero-order valence-corrected chi connectivity index (χ0v) is 15.7. The van der Waals surface area contributed by atoms with Crippen molar-refractivity contribution in [3.05, 3.63) is 59.4 Å². The monoisotopic (exact) mass is 390 g/mol. The average molecular weight is 391 g/mol. The minimum absolute atomic E-state index is 0.153. The van der Waals surface area contributed by atoms with Gasteiger partial charge in [-0.25, -0.2) is 4.39 Å². The van der Waals surface area contributed by atoms with Crippen molar-refractivity contribution in [1.82, 2.24) is 14.8 Å². The number of amides is 1. The summed E-state index contributed by atoms with van der Waals surface area (Å²) in [6.07, 6.45) is 0. The number of hydrogen-bond acceptors (Lipinski definition) is 4. The van der Waals surface area contributed by atoms with Crippen LogP contribution >= 0.6 is 23.4 Å². The number of nitrogens with one attached hydrogen (secondary N) is 1. The molecule has 0 aliphatic heterocycles. The highest BCUT2D eigenvalue weighted by Crippen LogP contribution is 2.27. The van der Waals surface area contributed by atoms with Crippen molar-refractivity contribution >= 4 is 35.0 Å². The van der Waals surface area contributed by atoms with Crippen LogP contribution in [0, 0.1) is 5.82 Å². The molecule has 0 saturated carbocycles. The molecule has 134 valence electrons. The molecule has 1 aromatic heterocycles. The van der Waals surface area contributed by atoms with Gasteiger partial charge >= 0.3 is 0 Å². The van der Waals surface area contributed by atoms with E-state index in [4.69, 9.17) is 11.6 Å². The van der Waals surface area contributed by atoms with Gasteiger partial charge in [0.2, 0.25) is 5.91 Å². The van der Waals surface area contributed by atoms with Crippen molar-refractivity contribution < 1.29 is 9.18 Å². The maximum atomic E-state index is 13.1. The molecule has 1 atom stereocenters. The van der Waals surface area contributed by atoms with Crippen LogP contribution in [-0.2, 0) is 11.8 Å². The Morgan fingerprint density at radius 2 is 1.96 bits per heavy atom. The van der Waals surface area contributed by atoms with E-state index < -0.39 is 11.1 Å². The minimum atomic E-state index is -0.456. The molecule has 0 fully saturated rings. The number of halogens is 2. The van der Waals surface area contributed by atoms with Crippen molar-refractivity contribution in [3.8, 4) is 11.4 Å². The molecule has 8 heteroatoms. The van der Waals surface area contributed by atoms with Gasteiger partial charge in [-0.15, -0.1) is 10.2 Å². The van der Waals surface area contributed by atoms with E-state index in [-0.39, 0.29) is 10.9 Å². The van der Waals surface area contributed by atoms with E-state index in [0.717, 1.165) is 17.5 Å². The molecule has 0 unspecified atom stereocenters. The van der Waals surface area contributed by atoms with Gasteiger partial charge in [-0.05, 0) is 25.1 Å². The molecule has 0 spiro atoms. The highest BCUT2D eigenvalue weighted by atomic mass is 35.5. The lowest BCUT2D eigenvalue weighted by Gasteiger charge is -2.12. The molecule has 0 aliphatic rings. The molecular weight excluding hydrogens is 375 g/mol. The van der Waals surface area contributed by atoms with Crippen LogP contribution in [0.2, 0.25) is 5.02 Å². The van der Waals surface area contributed by atoms with Crippen LogP contribution in [0.15, 0.2) is 53.7 Å². The Morgan fingerprint density at radius 3 is 2.65 bits per heavy atom. The Balaban J connectivity index is 1.71. The van der Waals surface area contributed by atoms with Crippen molar-refractivity contribution in [2.24, 2.45) is 7.05 Å². The molecule has 1 N–H and O–H groups in total. The Bertz CT molecular complexity index is 932.